The van der Waals surface area contributed by atoms with E-state index in [0.717, 1.165) is 6.26 Å². The van der Waals surface area contributed by atoms with E-state index in [1.165, 1.54) is 21.3 Å². The van der Waals surface area contributed by atoms with Gasteiger partial charge in [0.2, 0.25) is 10.0 Å². The average Bonchev–Trinajstić information content (AvgIpc) is 2.58. The third-order valence-corrected chi connectivity index (χ3v) is 5.49. The van der Waals surface area contributed by atoms with Crippen LogP contribution in [0.25, 0.3) is 0 Å². The van der Waals surface area contributed by atoms with E-state index in [4.69, 9.17) is 32.7 Å². The average molecular weight is 425 g/mol. The molecule has 1 heterocycles. The normalized spacial score (nSPS) is 15.6. The lowest BCUT2D eigenvalue weighted by Gasteiger charge is -2.33. The summed E-state index contributed by atoms with van der Waals surface area (Å²) in [6, 6.07) is 4.56. The fraction of sp³-hybridized carbons (Fsp3) is 0.467. The minimum atomic E-state index is -3.27. The second kappa shape index (κ2) is 8.90. The molecule has 0 spiro atoms. The quantitative estimate of drug-likeness (QED) is 0.632. The monoisotopic (exact) mass is 424 g/mol. The number of carbonyl (C=O) groups excluding carboxylic acids is 2. The standard InChI is InChI=1S/C15H18Cl2N2O6S/c1-26(22,23)19-6-4-18(5-7-19)14(20)9-25-15(21)10-24-13-3-2-11(16)8-12(13)17/h2-3,8H,4-7,9-10H2,1H3. The third kappa shape index (κ3) is 6.01. The second-order valence-electron chi connectivity index (χ2n) is 5.57. The summed E-state index contributed by atoms with van der Waals surface area (Å²) in [5, 5.41) is 0.691. The van der Waals surface area contributed by atoms with Crippen molar-refractivity contribution in [3.05, 3.63) is 28.2 Å². The van der Waals surface area contributed by atoms with Crippen LogP contribution in [-0.4, -0.2) is 75.1 Å². The van der Waals surface area contributed by atoms with Crippen LogP contribution < -0.4 is 4.74 Å². The lowest BCUT2D eigenvalue weighted by atomic mass is 10.3. The maximum atomic E-state index is 12.0. The van der Waals surface area contributed by atoms with Crippen molar-refractivity contribution < 1.29 is 27.5 Å². The summed E-state index contributed by atoms with van der Waals surface area (Å²) in [4.78, 5) is 25.2. The fourth-order valence-corrected chi connectivity index (χ4v) is 3.56. The van der Waals surface area contributed by atoms with Crippen molar-refractivity contribution in [2.75, 3.05) is 45.6 Å². The molecule has 1 aromatic rings. The van der Waals surface area contributed by atoms with E-state index in [2.05, 4.69) is 0 Å². The number of esters is 1. The fourth-order valence-electron chi connectivity index (χ4n) is 2.27. The van der Waals surface area contributed by atoms with Crippen molar-refractivity contribution in [3.63, 3.8) is 0 Å². The van der Waals surface area contributed by atoms with Crippen LogP contribution >= 0.6 is 23.2 Å². The Balaban J connectivity index is 1.73. The second-order valence-corrected chi connectivity index (χ2v) is 8.39. The van der Waals surface area contributed by atoms with Crippen LogP contribution in [0.15, 0.2) is 18.2 Å². The number of sulfonamides is 1. The van der Waals surface area contributed by atoms with Gasteiger partial charge in [-0.15, -0.1) is 0 Å². The molecule has 0 saturated carbocycles. The van der Waals surface area contributed by atoms with Crippen LogP contribution in [0.4, 0.5) is 0 Å². The van der Waals surface area contributed by atoms with Crippen molar-refractivity contribution in [1.29, 1.82) is 0 Å². The SMILES string of the molecule is CS(=O)(=O)N1CCN(C(=O)COC(=O)COc2ccc(Cl)cc2Cl)CC1. The first-order valence-electron chi connectivity index (χ1n) is 7.63. The minimum absolute atomic E-state index is 0.219. The number of benzene rings is 1. The summed E-state index contributed by atoms with van der Waals surface area (Å²) in [5.74, 6) is -0.841. The van der Waals surface area contributed by atoms with E-state index in [1.54, 1.807) is 6.07 Å². The molecule has 1 amide bonds. The molecule has 1 aliphatic heterocycles. The Hall–Kier alpha value is -1.55. The zero-order chi connectivity index (χ0) is 19.3. The Morgan fingerprint density at radius 3 is 2.35 bits per heavy atom. The molecule has 0 N–H and O–H groups in total. The highest BCUT2D eigenvalue weighted by Gasteiger charge is 2.26. The van der Waals surface area contributed by atoms with Gasteiger partial charge < -0.3 is 14.4 Å². The predicted molar refractivity (Wildman–Crippen MR) is 95.9 cm³/mol. The molecule has 144 valence electrons. The third-order valence-electron chi connectivity index (χ3n) is 3.66. The molecule has 26 heavy (non-hydrogen) atoms. The molecule has 0 radical (unpaired) electrons. The molecule has 0 bridgehead atoms. The van der Waals surface area contributed by atoms with Crippen LogP contribution in [0.5, 0.6) is 5.75 Å². The van der Waals surface area contributed by atoms with Crippen LogP contribution in [0.2, 0.25) is 10.0 Å². The smallest absolute Gasteiger partial charge is 0.344 e. The topological polar surface area (TPSA) is 93.2 Å². The molecular weight excluding hydrogens is 407 g/mol. The zero-order valence-electron chi connectivity index (χ0n) is 14.0. The van der Waals surface area contributed by atoms with Crippen molar-refractivity contribution in [2.45, 2.75) is 0 Å². The Kier molecular flexibility index (Phi) is 7.10. The van der Waals surface area contributed by atoms with Crippen molar-refractivity contribution in [2.24, 2.45) is 0 Å². The molecule has 1 fully saturated rings. The first-order chi connectivity index (χ1) is 12.2. The van der Waals surface area contributed by atoms with E-state index >= 15 is 0 Å². The van der Waals surface area contributed by atoms with Crippen LogP contribution in [0.3, 0.4) is 0 Å². The van der Waals surface area contributed by atoms with E-state index in [0.29, 0.717) is 5.02 Å². The van der Waals surface area contributed by atoms with Crippen LogP contribution in [0.1, 0.15) is 0 Å². The van der Waals surface area contributed by atoms with E-state index in [9.17, 15) is 18.0 Å². The molecule has 2 rings (SSSR count). The van der Waals surface area contributed by atoms with E-state index in [1.807, 2.05) is 0 Å². The van der Waals surface area contributed by atoms with Gasteiger partial charge in [-0.3, -0.25) is 4.79 Å². The van der Waals surface area contributed by atoms with Gasteiger partial charge in [-0.25, -0.2) is 13.2 Å². The van der Waals surface area contributed by atoms with E-state index < -0.39 is 35.1 Å². The van der Waals surface area contributed by atoms with Crippen LogP contribution in [0, 0.1) is 0 Å². The highest BCUT2D eigenvalue weighted by molar-refractivity contribution is 7.88. The maximum absolute atomic E-state index is 12.0. The number of ether oxygens (including phenoxy) is 2. The van der Waals surface area contributed by atoms with Gasteiger partial charge in [0, 0.05) is 31.2 Å². The zero-order valence-corrected chi connectivity index (χ0v) is 16.3. The van der Waals surface area contributed by atoms with Crippen LogP contribution in [-0.2, 0) is 24.3 Å². The molecular formula is C15H18Cl2N2O6S. The first kappa shape index (κ1) is 20.8. The molecule has 11 heteroatoms. The number of piperazine rings is 1. The Morgan fingerprint density at radius 2 is 1.77 bits per heavy atom. The van der Waals surface area contributed by atoms with Gasteiger partial charge in [-0.2, -0.15) is 4.31 Å². The van der Waals surface area contributed by atoms with Gasteiger partial charge in [-0.1, -0.05) is 23.2 Å². The molecule has 1 saturated heterocycles. The van der Waals surface area contributed by atoms with Gasteiger partial charge in [0.1, 0.15) is 5.75 Å². The molecule has 1 aromatic carbocycles. The molecule has 0 aliphatic carbocycles. The summed E-state index contributed by atoms with van der Waals surface area (Å²) >= 11 is 11.7. The summed E-state index contributed by atoms with van der Waals surface area (Å²) in [5.41, 5.74) is 0. The van der Waals surface area contributed by atoms with Gasteiger partial charge in [0.05, 0.1) is 11.3 Å². The lowest BCUT2D eigenvalue weighted by molar-refractivity contribution is -0.154. The molecule has 1 aliphatic rings. The number of amides is 1. The van der Waals surface area contributed by atoms with Gasteiger partial charge in [0.15, 0.2) is 13.2 Å². The van der Waals surface area contributed by atoms with Crippen molar-refractivity contribution in [3.8, 4) is 5.75 Å². The number of hydrogen-bond donors (Lipinski definition) is 0. The van der Waals surface area contributed by atoms with Gasteiger partial charge >= 0.3 is 5.97 Å². The number of rotatable bonds is 6. The molecule has 0 aromatic heterocycles. The molecule has 0 unspecified atom stereocenters. The summed E-state index contributed by atoms with van der Waals surface area (Å²) in [7, 11) is -3.27. The lowest BCUT2D eigenvalue weighted by Crippen LogP contribution is -2.51. The minimum Gasteiger partial charge on any atom is -0.480 e. The maximum Gasteiger partial charge on any atom is 0.344 e. The number of carbonyl (C=O) groups is 2. The molecule has 8 nitrogen and oxygen atoms in total. The Bertz CT molecular complexity index is 778. The highest BCUT2D eigenvalue weighted by atomic mass is 35.5. The van der Waals surface area contributed by atoms with Crippen molar-refractivity contribution >= 4 is 45.1 Å². The Morgan fingerprint density at radius 1 is 1.12 bits per heavy atom. The number of nitrogens with zero attached hydrogens (tertiary/aromatic N) is 2. The Labute approximate surface area is 161 Å². The van der Waals surface area contributed by atoms with Crippen molar-refractivity contribution in [1.82, 2.24) is 9.21 Å². The van der Waals surface area contributed by atoms with Gasteiger partial charge in [0.25, 0.3) is 5.91 Å². The molecule has 0 atom stereocenters. The van der Waals surface area contributed by atoms with Gasteiger partial charge in [-0.05, 0) is 18.2 Å². The highest BCUT2D eigenvalue weighted by Crippen LogP contribution is 2.27. The van der Waals surface area contributed by atoms with E-state index in [-0.39, 0.29) is 37.0 Å². The largest absolute Gasteiger partial charge is 0.480 e. The summed E-state index contributed by atoms with van der Waals surface area (Å²) in [6.07, 6.45) is 1.12. The predicted octanol–water partition coefficient (Wildman–Crippen LogP) is 1.02. The number of halogens is 2. The summed E-state index contributed by atoms with van der Waals surface area (Å²) < 4.78 is 34.3. The first-order valence-corrected chi connectivity index (χ1v) is 10.2. The summed E-state index contributed by atoms with van der Waals surface area (Å²) in [6.45, 7) is 0.0972. The number of hydrogen-bond acceptors (Lipinski definition) is 6.